The van der Waals surface area contributed by atoms with Crippen LogP contribution in [0.15, 0.2) is 53.3 Å². The van der Waals surface area contributed by atoms with Crippen LogP contribution in [0.1, 0.15) is 28.4 Å². The van der Waals surface area contributed by atoms with Crippen LogP contribution in [0.4, 0.5) is 0 Å². The number of carbonyl (C=O) groups excluding carboxylic acids is 1. The molecule has 1 N–H and O–H groups in total. The fourth-order valence-electron chi connectivity index (χ4n) is 2.72. The van der Waals surface area contributed by atoms with E-state index in [9.17, 15) is 9.59 Å². The molecule has 0 fully saturated rings. The maximum absolute atomic E-state index is 12.3. The van der Waals surface area contributed by atoms with E-state index in [1.165, 1.54) is 6.92 Å². The van der Waals surface area contributed by atoms with Crippen LogP contribution < -0.4 is 10.3 Å². The molecule has 0 amide bonds. The summed E-state index contributed by atoms with van der Waals surface area (Å²) in [7, 11) is 1.61. The highest BCUT2D eigenvalue weighted by atomic mass is 16.5. The molecule has 0 unspecified atom stereocenters. The van der Waals surface area contributed by atoms with Crippen molar-refractivity contribution in [3.8, 4) is 5.75 Å². The molecule has 0 aliphatic heterocycles. The number of hydrogen-bond donors (Lipinski definition) is 1. The van der Waals surface area contributed by atoms with Crippen LogP contribution >= 0.6 is 0 Å². The molecule has 4 nitrogen and oxygen atoms in total. The highest BCUT2D eigenvalue weighted by molar-refractivity contribution is 6.04. The lowest BCUT2D eigenvalue weighted by Gasteiger charge is -2.07. The van der Waals surface area contributed by atoms with Gasteiger partial charge in [0.25, 0.3) is 5.56 Å². The first-order chi connectivity index (χ1) is 11.6. The van der Waals surface area contributed by atoms with Gasteiger partial charge in [-0.05, 0) is 30.7 Å². The zero-order valence-corrected chi connectivity index (χ0v) is 13.5. The predicted molar refractivity (Wildman–Crippen MR) is 96.5 cm³/mol. The summed E-state index contributed by atoms with van der Waals surface area (Å²) in [6.45, 7) is 1.40. The summed E-state index contributed by atoms with van der Waals surface area (Å²) >= 11 is 0. The molecule has 0 spiro atoms. The van der Waals surface area contributed by atoms with Gasteiger partial charge in [0.2, 0.25) is 0 Å². The third-order valence-electron chi connectivity index (χ3n) is 3.85. The van der Waals surface area contributed by atoms with Gasteiger partial charge < -0.3 is 9.72 Å². The van der Waals surface area contributed by atoms with Crippen LogP contribution in [0, 0.1) is 0 Å². The number of methoxy groups -OCH3 is 1. The number of rotatable bonds is 4. The number of ketones is 1. The number of nitrogens with one attached hydrogen (secondary N) is 1. The van der Waals surface area contributed by atoms with Gasteiger partial charge in [0.1, 0.15) is 5.75 Å². The van der Waals surface area contributed by atoms with E-state index < -0.39 is 0 Å². The van der Waals surface area contributed by atoms with Crippen molar-refractivity contribution in [2.24, 2.45) is 0 Å². The number of Topliss-reactive ketones (excluding diaryl/α,β-unsaturated/α-hetero) is 1. The Morgan fingerprint density at radius 1 is 1.08 bits per heavy atom. The lowest BCUT2D eigenvalue weighted by molar-refractivity contribution is 0.101. The average Bonchev–Trinajstić information content (AvgIpc) is 2.59. The highest BCUT2D eigenvalue weighted by Crippen LogP contribution is 2.22. The summed E-state index contributed by atoms with van der Waals surface area (Å²) in [4.78, 5) is 27.0. The first kappa shape index (κ1) is 15.7. The van der Waals surface area contributed by atoms with Gasteiger partial charge in [0.05, 0.1) is 12.7 Å². The van der Waals surface area contributed by atoms with Gasteiger partial charge in [-0.2, -0.15) is 0 Å². The van der Waals surface area contributed by atoms with E-state index in [0.717, 1.165) is 16.7 Å². The maximum atomic E-state index is 12.3. The summed E-state index contributed by atoms with van der Waals surface area (Å²) in [5.74, 6) is 0.493. The molecule has 0 radical (unpaired) electrons. The van der Waals surface area contributed by atoms with Crippen molar-refractivity contribution in [3.63, 3.8) is 0 Å². The Morgan fingerprint density at radius 2 is 1.88 bits per heavy atom. The minimum absolute atomic E-state index is 0.174. The lowest BCUT2D eigenvalue weighted by atomic mass is 9.99. The number of carbonyl (C=O) groups is 1. The number of pyridine rings is 1. The van der Waals surface area contributed by atoms with E-state index in [2.05, 4.69) is 4.98 Å². The average molecular weight is 319 g/mol. The molecule has 0 aliphatic rings. The van der Waals surface area contributed by atoms with Crippen LogP contribution in [-0.4, -0.2) is 17.9 Å². The molecule has 0 saturated heterocycles. The van der Waals surface area contributed by atoms with Gasteiger partial charge in [0.15, 0.2) is 5.78 Å². The summed E-state index contributed by atoms with van der Waals surface area (Å²) in [6, 6.07) is 15.0. The van der Waals surface area contributed by atoms with Gasteiger partial charge in [-0.3, -0.25) is 9.59 Å². The Balaban J connectivity index is 2.20. The van der Waals surface area contributed by atoms with Gasteiger partial charge in [-0.15, -0.1) is 0 Å². The zero-order chi connectivity index (χ0) is 17.1. The van der Waals surface area contributed by atoms with E-state index in [1.807, 2.05) is 60.7 Å². The Bertz CT molecular complexity index is 999. The molecule has 0 bridgehead atoms. The first-order valence-electron chi connectivity index (χ1n) is 7.58. The van der Waals surface area contributed by atoms with Crippen LogP contribution in [0.25, 0.3) is 23.1 Å². The fraction of sp³-hybridized carbons (Fsp3) is 0.100. The monoisotopic (exact) mass is 319 g/mol. The van der Waals surface area contributed by atoms with Crippen LogP contribution in [0.2, 0.25) is 0 Å². The summed E-state index contributed by atoms with van der Waals surface area (Å²) in [5.41, 5.74) is 2.06. The third kappa shape index (κ3) is 2.99. The minimum Gasteiger partial charge on any atom is -0.497 e. The normalized spacial score (nSPS) is 11.1. The van der Waals surface area contributed by atoms with Crippen LogP contribution in [0.5, 0.6) is 5.75 Å². The molecule has 120 valence electrons. The highest BCUT2D eigenvalue weighted by Gasteiger charge is 2.14. The number of aromatic amines is 1. The van der Waals surface area contributed by atoms with Crippen molar-refractivity contribution in [3.05, 3.63) is 75.6 Å². The largest absolute Gasteiger partial charge is 0.497 e. The van der Waals surface area contributed by atoms with E-state index in [0.29, 0.717) is 11.1 Å². The molecule has 3 rings (SSSR count). The molecule has 2 aromatic carbocycles. The molecule has 1 heterocycles. The van der Waals surface area contributed by atoms with Crippen molar-refractivity contribution in [1.82, 2.24) is 4.98 Å². The number of fused-ring (bicyclic) bond motifs is 1. The van der Waals surface area contributed by atoms with E-state index in [4.69, 9.17) is 4.74 Å². The molecule has 24 heavy (non-hydrogen) atoms. The molecule has 0 saturated carbocycles. The van der Waals surface area contributed by atoms with E-state index in [1.54, 1.807) is 7.11 Å². The van der Waals surface area contributed by atoms with Gasteiger partial charge >= 0.3 is 0 Å². The molecule has 0 atom stereocenters. The smallest absolute Gasteiger partial charge is 0.259 e. The van der Waals surface area contributed by atoms with Gasteiger partial charge in [-0.25, -0.2) is 0 Å². The second-order valence-corrected chi connectivity index (χ2v) is 5.45. The van der Waals surface area contributed by atoms with Crippen LogP contribution in [0.3, 0.4) is 0 Å². The SMILES string of the molecule is COc1cccc(/C=C/c2c(C(C)=O)c(=O)[nH]c3ccccc23)c1. The zero-order valence-electron chi connectivity index (χ0n) is 13.5. The second-order valence-electron chi connectivity index (χ2n) is 5.45. The quantitative estimate of drug-likeness (QED) is 0.742. The van der Waals surface area contributed by atoms with Crippen molar-refractivity contribution in [1.29, 1.82) is 0 Å². The Hall–Kier alpha value is -3.14. The maximum Gasteiger partial charge on any atom is 0.259 e. The van der Waals surface area contributed by atoms with Gasteiger partial charge in [-0.1, -0.05) is 42.5 Å². The first-order valence-corrected chi connectivity index (χ1v) is 7.58. The van der Waals surface area contributed by atoms with Crippen molar-refractivity contribution in [2.75, 3.05) is 7.11 Å². The Morgan fingerprint density at radius 3 is 2.62 bits per heavy atom. The van der Waals surface area contributed by atoms with E-state index >= 15 is 0 Å². The summed E-state index contributed by atoms with van der Waals surface area (Å²) in [6.07, 6.45) is 3.68. The number of para-hydroxylation sites is 1. The van der Waals surface area contributed by atoms with E-state index in [-0.39, 0.29) is 16.9 Å². The lowest BCUT2D eigenvalue weighted by Crippen LogP contribution is -2.18. The third-order valence-corrected chi connectivity index (χ3v) is 3.85. The molecule has 4 heteroatoms. The molecular weight excluding hydrogens is 302 g/mol. The topological polar surface area (TPSA) is 59.2 Å². The molecule has 0 aliphatic carbocycles. The molecule has 1 aromatic heterocycles. The fourth-order valence-corrected chi connectivity index (χ4v) is 2.72. The van der Waals surface area contributed by atoms with Gasteiger partial charge in [0, 0.05) is 16.5 Å². The number of ether oxygens (including phenoxy) is 1. The van der Waals surface area contributed by atoms with Crippen molar-refractivity contribution < 1.29 is 9.53 Å². The Labute approximate surface area is 139 Å². The minimum atomic E-state index is -0.369. The number of H-pyrrole nitrogens is 1. The summed E-state index contributed by atoms with van der Waals surface area (Å²) in [5, 5.41) is 0.835. The number of hydrogen-bond acceptors (Lipinski definition) is 3. The summed E-state index contributed by atoms with van der Waals surface area (Å²) < 4.78 is 5.22. The standard InChI is InChI=1S/C20H17NO3/c1-13(22)19-17(11-10-14-6-5-7-15(12-14)24-2)16-8-3-4-9-18(16)21-20(19)23/h3-12H,1-2H3,(H,21,23)/b11-10+. The van der Waals surface area contributed by atoms with Crippen molar-refractivity contribution >= 4 is 28.8 Å². The van der Waals surface area contributed by atoms with Crippen LogP contribution in [-0.2, 0) is 0 Å². The Kier molecular flexibility index (Phi) is 4.29. The predicted octanol–water partition coefficient (Wildman–Crippen LogP) is 3.91. The number of benzene rings is 2. The van der Waals surface area contributed by atoms with Crippen molar-refractivity contribution in [2.45, 2.75) is 6.92 Å². The molecule has 3 aromatic rings. The molecular formula is C20H17NO3. The second kappa shape index (κ2) is 6.54. The number of aromatic nitrogens is 1.